The molecular formula is C30H28Cl2N2O7S2. The molecule has 1 unspecified atom stereocenters. The number of sulfonamides is 2. The Labute approximate surface area is 259 Å². The first kappa shape index (κ1) is 31.1. The van der Waals surface area contributed by atoms with E-state index in [-0.39, 0.29) is 61.6 Å². The van der Waals surface area contributed by atoms with Crippen LogP contribution in [0.15, 0.2) is 97.9 Å². The third-order valence-electron chi connectivity index (χ3n) is 7.17. The van der Waals surface area contributed by atoms with Crippen molar-refractivity contribution >= 4 is 48.9 Å². The Bertz CT molecular complexity index is 1930. The number of benzene rings is 3. The molecule has 1 aliphatic carbocycles. The summed E-state index contributed by atoms with van der Waals surface area (Å²) in [6, 6.07) is 19.8. The molecule has 0 aliphatic heterocycles. The normalized spacial score (nSPS) is 14.5. The molecule has 1 aromatic heterocycles. The van der Waals surface area contributed by atoms with Crippen molar-refractivity contribution in [3.63, 3.8) is 0 Å². The number of nitrogens with one attached hydrogen (secondary N) is 1. The first-order valence-electron chi connectivity index (χ1n) is 13.4. The fourth-order valence-corrected chi connectivity index (χ4v) is 8.23. The van der Waals surface area contributed by atoms with Crippen LogP contribution in [0.25, 0.3) is 0 Å². The van der Waals surface area contributed by atoms with E-state index < -0.39 is 31.6 Å². The Kier molecular flexibility index (Phi) is 8.92. The predicted octanol–water partition coefficient (Wildman–Crippen LogP) is 6.21. The van der Waals surface area contributed by atoms with Gasteiger partial charge in [0.25, 0.3) is 10.0 Å². The van der Waals surface area contributed by atoms with Crippen LogP contribution in [-0.2, 0) is 26.6 Å². The largest absolute Gasteiger partial charge is 0.507 e. The van der Waals surface area contributed by atoms with E-state index in [4.69, 9.17) is 27.6 Å². The van der Waals surface area contributed by atoms with E-state index in [9.17, 15) is 26.7 Å². The van der Waals surface area contributed by atoms with E-state index in [1.807, 2.05) is 0 Å². The Morgan fingerprint density at radius 2 is 1.70 bits per heavy atom. The van der Waals surface area contributed by atoms with E-state index in [0.29, 0.717) is 5.56 Å². The van der Waals surface area contributed by atoms with Gasteiger partial charge in [-0.15, -0.1) is 0 Å². The molecule has 1 saturated carbocycles. The Morgan fingerprint density at radius 1 is 0.977 bits per heavy atom. The van der Waals surface area contributed by atoms with Crippen LogP contribution in [-0.4, -0.2) is 32.8 Å². The first-order chi connectivity index (χ1) is 20.4. The van der Waals surface area contributed by atoms with Gasteiger partial charge >= 0.3 is 5.63 Å². The lowest BCUT2D eigenvalue weighted by atomic mass is 9.87. The molecule has 3 aromatic carbocycles. The lowest BCUT2D eigenvalue weighted by Crippen LogP contribution is -2.31. The minimum Gasteiger partial charge on any atom is -0.507 e. The second kappa shape index (κ2) is 12.3. The molecule has 0 saturated heterocycles. The van der Waals surface area contributed by atoms with Crippen molar-refractivity contribution in [3.8, 4) is 5.75 Å². The van der Waals surface area contributed by atoms with Crippen LogP contribution in [0.3, 0.4) is 0 Å². The molecule has 0 bridgehead atoms. The SMILES string of the molecule is CCN(Cc1cc(O)c(C(c2cccc(NS(=O)(=O)c3cc(Cl)ccc3Cl)c2)C2CC2)c(=O)o1)S(=O)(=O)c1ccccc1. The summed E-state index contributed by atoms with van der Waals surface area (Å²) in [7, 11) is -7.97. The third-order valence-corrected chi connectivity index (χ3v) is 11.2. The second-order valence-electron chi connectivity index (χ2n) is 10.2. The number of halogens is 2. The summed E-state index contributed by atoms with van der Waals surface area (Å²) in [6.07, 6.45) is 1.58. The number of rotatable bonds is 11. The van der Waals surface area contributed by atoms with E-state index in [2.05, 4.69) is 4.72 Å². The average Bonchev–Trinajstić information content (AvgIpc) is 3.80. The van der Waals surface area contributed by atoms with E-state index in [1.165, 1.54) is 36.4 Å². The van der Waals surface area contributed by atoms with Gasteiger partial charge in [0.2, 0.25) is 10.0 Å². The first-order valence-corrected chi connectivity index (χ1v) is 17.1. The highest BCUT2D eigenvalue weighted by molar-refractivity contribution is 7.92. The number of anilines is 1. The van der Waals surface area contributed by atoms with Gasteiger partial charge in [0.15, 0.2) is 0 Å². The molecular weight excluding hydrogens is 635 g/mol. The summed E-state index contributed by atoms with van der Waals surface area (Å²) in [5.41, 5.74) is 0.0522. The molecule has 13 heteroatoms. The van der Waals surface area contributed by atoms with Gasteiger partial charge in [-0.1, -0.05) is 60.5 Å². The van der Waals surface area contributed by atoms with Gasteiger partial charge in [-0.2, -0.15) is 4.31 Å². The van der Waals surface area contributed by atoms with E-state index in [0.717, 1.165) is 17.1 Å². The highest BCUT2D eigenvalue weighted by Gasteiger charge is 2.38. The fourth-order valence-electron chi connectivity index (χ4n) is 4.98. The highest BCUT2D eigenvalue weighted by Crippen LogP contribution is 2.48. The van der Waals surface area contributed by atoms with Crippen molar-refractivity contribution in [2.75, 3.05) is 11.3 Å². The second-order valence-corrected chi connectivity index (χ2v) is 14.6. The molecule has 2 N–H and O–H groups in total. The van der Waals surface area contributed by atoms with Crippen LogP contribution in [0.2, 0.25) is 10.0 Å². The molecule has 0 spiro atoms. The minimum absolute atomic E-state index is 0.00439. The van der Waals surface area contributed by atoms with Crippen LogP contribution in [0, 0.1) is 5.92 Å². The van der Waals surface area contributed by atoms with Gasteiger partial charge in [-0.3, -0.25) is 4.72 Å². The molecule has 4 aromatic rings. The number of hydrogen-bond acceptors (Lipinski definition) is 7. The van der Waals surface area contributed by atoms with Crippen molar-refractivity contribution in [3.05, 3.63) is 116 Å². The van der Waals surface area contributed by atoms with Gasteiger partial charge in [-0.25, -0.2) is 21.6 Å². The summed E-state index contributed by atoms with van der Waals surface area (Å²) in [4.78, 5) is 13.2. The molecule has 1 fully saturated rings. The summed E-state index contributed by atoms with van der Waals surface area (Å²) in [6.45, 7) is 1.52. The summed E-state index contributed by atoms with van der Waals surface area (Å²) >= 11 is 12.1. The van der Waals surface area contributed by atoms with Crippen molar-refractivity contribution in [1.29, 1.82) is 0 Å². The Balaban J connectivity index is 1.45. The third kappa shape index (κ3) is 6.76. The number of nitrogens with zero attached hydrogens (tertiary/aromatic N) is 1. The molecule has 1 heterocycles. The lowest BCUT2D eigenvalue weighted by molar-refractivity contribution is 0.345. The topological polar surface area (TPSA) is 134 Å². The maximum Gasteiger partial charge on any atom is 0.343 e. The molecule has 9 nitrogen and oxygen atoms in total. The van der Waals surface area contributed by atoms with Crippen molar-refractivity contribution in [1.82, 2.24) is 4.31 Å². The van der Waals surface area contributed by atoms with Crippen LogP contribution in [0.4, 0.5) is 5.69 Å². The molecule has 1 aliphatic rings. The quantitative estimate of drug-likeness (QED) is 0.195. The number of aromatic hydroxyl groups is 1. The van der Waals surface area contributed by atoms with Crippen molar-refractivity contribution in [2.45, 2.75) is 42.0 Å². The molecule has 5 rings (SSSR count). The van der Waals surface area contributed by atoms with Gasteiger partial charge < -0.3 is 9.52 Å². The van der Waals surface area contributed by atoms with Crippen LogP contribution in [0.1, 0.15) is 42.6 Å². The molecule has 226 valence electrons. The molecule has 0 radical (unpaired) electrons. The standard InChI is InChI=1S/C30H28Cl2N2O7S2/c1-2-34(43(39,40)24-9-4-3-5-10-24)18-23-17-26(35)29(30(36)41-23)28(19-11-12-19)20-7-6-8-22(15-20)33-42(37,38)27-16-21(31)13-14-25(27)32/h3-10,13-17,19,28,33,35H,2,11-12,18H2,1H3. The zero-order valence-electron chi connectivity index (χ0n) is 22.9. The summed E-state index contributed by atoms with van der Waals surface area (Å²) < 4.78 is 61.7. The van der Waals surface area contributed by atoms with Gasteiger partial charge in [0.1, 0.15) is 16.4 Å². The summed E-state index contributed by atoms with van der Waals surface area (Å²) in [5, 5.41) is 11.3. The number of hydrogen-bond donors (Lipinski definition) is 2. The van der Waals surface area contributed by atoms with Gasteiger partial charge in [0, 0.05) is 29.2 Å². The minimum atomic E-state index is -4.10. The van der Waals surface area contributed by atoms with Crippen LogP contribution >= 0.6 is 23.2 Å². The Hall–Kier alpha value is -3.35. The maximum atomic E-state index is 13.3. The van der Waals surface area contributed by atoms with E-state index >= 15 is 0 Å². The van der Waals surface area contributed by atoms with Gasteiger partial charge in [0.05, 0.1) is 22.0 Å². The van der Waals surface area contributed by atoms with Crippen LogP contribution < -0.4 is 10.3 Å². The highest BCUT2D eigenvalue weighted by atomic mass is 35.5. The zero-order valence-corrected chi connectivity index (χ0v) is 26.0. The van der Waals surface area contributed by atoms with E-state index in [1.54, 1.807) is 49.4 Å². The van der Waals surface area contributed by atoms with Crippen molar-refractivity contribution in [2.24, 2.45) is 5.92 Å². The van der Waals surface area contributed by atoms with Crippen molar-refractivity contribution < 1.29 is 26.4 Å². The molecule has 43 heavy (non-hydrogen) atoms. The monoisotopic (exact) mass is 662 g/mol. The fraction of sp³-hybridized carbons (Fsp3) is 0.233. The molecule has 0 amide bonds. The predicted molar refractivity (Wildman–Crippen MR) is 165 cm³/mol. The lowest BCUT2D eigenvalue weighted by Gasteiger charge is -2.21. The zero-order chi connectivity index (χ0) is 30.9. The average molecular weight is 664 g/mol. The Morgan fingerprint density at radius 3 is 2.35 bits per heavy atom. The summed E-state index contributed by atoms with van der Waals surface area (Å²) in [5.74, 6) is -0.908. The molecule has 1 atom stereocenters. The van der Waals surface area contributed by atoms with Crippen LogP contribution in [0.5, 0.6) is 5.75 Å². The maximum absolute atomic E-state index is 13.3. The van der Waals surface area contributed by atoms with Gasteiger partial charge in [-0.05, 0) is 66.8 Å². The smallest absolute Gasteiger partial charge is 0.343 e.